The van der Waals surface area contributed by atoms with E-state index in [0.29, 0.717) is 0 Å². The van der Waals surface area contributed by atoms with E-state index in [1.54, 1.807) is 0 Å². The maximum atomic E-state index is 12.0. The second-order valence-corrected chi connectivity index (χ2v) is 7.41. The molecule has 0 aliphatic heterocycles. The molecule has 0 spiro atoms. The third-order valence-electron chi connectivity index (χ3n) is 3.12. The molecule has 0 saturated carbocycles. The summed E-state index contributed by atoms with van der Waals surface area (Å²) in [7, 11) is 0. The summed E-state index contributed by atoms with van der Waals surface area (Å²) in [6.45, 7) is 12.1. The fraction of sp³-hybridized carbons (Fsp3) is 0.500. The van der Waals surface area contributed by atoms with Gasteiger partial charge < -0.3 is 0 Å². The molecule has 1 amide bonds. The van der Waals surface area contributed by atoms with Crippen LogP contribution in [0.2, 0.25) is 0 Å². The highest BCUT2D eigenvalue weighted by molar-refractivity contribution is 8.00. The molecule has 110 valence electrons. The number of hydrogen-bond donors (Lipinski definition) is 1. The number of hydrogen-bond acceptors (Lipinski definition) is 3. The number of hydrazone groups is 1. The number of amides is 1. The van der Waals surface area contributed by atoms with Crippen molar-refractivity contribution in [1.82, 2.24) is 5.43 Å². The molecule has 0 aliphatic rings. The normalized spacial score (nSPS) is 14.0. The summed E-state index contributed by atoms with van der Waals surface area (Å²) in [5, 5.41) is 4.00. The molecule has 0 heterocycles. The summed E-state index contributed by atoms with van der Waals surface area (Å²) >= 11 is 1.54. The van der Waals surface area contributed by atoms with E-state index in [-0.39, 0.29) is 16.6 Å². The molecule has 0 aliphatic carbocycles. The van der Waals surface area contributed by atoms with Crippen molar-refractivity contribution >= 4 is 23.4 Å². The Morgan fingerprint density at radius 3 is 2.30 bits per heavy atom. The van der Waals surface area contributed by atoms with Crippen LogP contribution in [-0.4, -0.2) is 16.9 Å². The minimum atomic E-state index is -0.172. The highest BCUT2D eigenvalue weighted by Gasteiger charge is 2.17. The summed E-state index contributed by atoms with van der Waals surface area (Å²) in [6, 6.07) is 8.17. The number of carbonyl (C=O) groups excluding carboxylic acids is 1. The number of rotatable bonds is 4. The molecular formula is C16H24N2OS. The van der Waals surface area contributed by atoms with E-state index in [1.807, 2.05) is 26.0 Å². The highest BCUT2D eigenvalue weighted by Crippen LogP contribution is 2.23. The molecule has 1 atom stereocenters. The molecule has 0 aromatic heterocycles. The van der Waals surface area contributed by atoms with Crippen LogP contribution in [0.25, 0.3) is 0 Å². The van der Waals surface area contributed by atoms with Gasteiger partial charge in [0.15, 0.2) is 0 Å². The topological polar surface area (TPSA) is 41.5 Å². The molecule has 1 N–H and O–H groups in total. The number of thioether (sulfide) groups is 1. The maximum Gasteiger partial charge on any atom is 0.253 e. The first-order chi connectivity index (χ1) is 9.20. The van der Waals surface area contributed by atoms with E-state index in [2.05, 4.69) is 50.4 Å². The zero-order valence-electron chi connectivity index (χ0n) is 13.2. The molecule has 1 aromatic carbocycles. The van der Waals surface area contributed by atoms with E-state index in [9.17, 15) is 4.79 Å². The van der Waals surface area contributed by atoms with Crippen LogP contribution >= 0.6 is 11.8 Å². The standard InChI is InChI=1S/C16H24N2OS/c1-11-7-9-14(10-8-11)20-12(2)15(19)18-17-13(3)16(4,5)6/h7-10,12H,1-6H3,(H,18,19)/b17-13-/t12-/m1/s1. The van der Waals surface area contributed by atoms with Crippen LogP contribution in [0.5, 0.6) is 0 Å². The van der Waals surface area contributed by atoms with Crippen LogP contribution < -0.4 is 5.43 Å². The Morgan fingerprint density at radius 2 is 1.80 bits per heavy atom. The lowest BCUT2D eigenvalue weighted by molar-refractivity contribution is -0.120. The van der Waals surface area contributed by atoms with Crippen molar-refractivity contribution in [3.05, 3.63) is 29.8 Å². The fourth-order valence-corrected chi connectivity index (χ4v) is 2.13. The van der Waals surface area contributed by atoms with Gasteiger partial charge in [0.25, 0.3) is 5.91 Å². The summed E-state index contributed by atoms with van der Waals surface area (Å²) in [6.07, 6.45) is 0. The first-order valence-electron chi connectivity index (χ1n) is 6.78. The summed E-state index contributed by atoms with van der Waals surface area (Å²) in [4.78, 5) is 13.1. The zero-order chi connectivity index (χ0) is 15.3. The van der Waals surface area contributed by atoms with Crippen molar-refractivity contribution in [3.8, 4) is 0 Å². The molecule has 1 aromatic rings. The van der Waals surface area contributed by atoms with Gasteiger partial charge in [0.1, 0.15) is 0 Å². The van der Waals surface area contributed by atoms with Gasteiger partial charge in [0.05, 0.1) is 5.25 Å². The average Bonchev–Trinajstić information content (AvgIpc) is 2.36. The lowest BCUT2D eigenvalue weighted by atomic mass is 9.91. The third kappa shape index (κ3) is 5.37. The zero-order valence-corrected chi connectivity index (χ0v) is 14.0. The van der Waals surface area contributed by atoms with Gasteiger partial charge in [-0.2, -0.15) is 5.10 Å². The molecule has 0 unspecified atom stereocenters. The maximum absolute atomic E-state index is 12.0. The average molecular weight is 292 g/mol. The SMILES string of the molecule is C/C(=N/NC(=O)[C@@H](C)Sc1ccc(C)cc1)C(C)(C)C. The molecule has 0 bridgehead atoms. The Morgan fingerprint density at radius 1 is 1.25 bits per heavy atom. The smallest absolute Gasteiger partial charge is 0.253 e. The van der Waals surface area contributed by atoms with Crippen LogP contribution in [0.1, 0.15) is 40.2 Å². The molecule has 3 nitrogen and oxygen atoms in total. The monoisotopic (exact) mass is 292 g/mol. The minimum Gasteiger partial charge on any atom is -0.272 e. The molecule has 20 heavy (non-hydrogen) atoms. The Bertz CT molecular complexity index is 486. The predicted molar refractivity (Wildman–Crippen MR) is 87.2 cm³/mol. The van der Waals surface area contributed by atoms with Crippen molar-refractivity contribution in [3.63, 3.8) is 0 Å². The lowest BCUT2D eigenvalue weighted by Gasteiger charge is -2.18. The molecule has 0 radical (unpaired) electrons. The quantitative estimate of drug-likeness (QED) is 0.517. The largest absolute Gasteiger partial charge is 0.272 e. The van der Waals surface area contributed by atoms with E-state index in [0.717, 1.165) is 10.6 Å². The highest BCUT2D eigenvalue weighted by atomic mass is 32.2. The third-order valence-corrected chi connectivity index (χ3v) is 4.23. The van der Waals surface area contributed by atoms with Gasteiger partial charge in [0.2, 0.25) is 0 Å². The van der Waals surface area contributed by atoms with Crippen LogP contribution in [0.15, 0.2) is 34.3 Å². The van der Waals surface area contributed by atoms with Crippen LogP contribution in [-0.2, 0) is 4.79 Å². The number of nitrogens with one attached hydrogen (secondary N) is 1. The first-order valence-corrected chi connectivity index (χ1v) is 7.66. The summed E-state index contributed by atoms with van der Waals surface area (Å²) in [5.41, 5.74) is 4.76. The van der Waals surface area contributed by atoms with Gasteiger partial charge in [-0.3, -0.25) is 4.79 Å². The van der Waals surface area contributed by atoms with E-state index in [1.165, 1.54) is 17.3 Å². The lowest BCUT2D eigenvalue weighted by Crippen LogP contribution is -2.29. The Hall–Kier alpha value is -1.29. The van der Waals surface area contributed by atoms with Crippen molar-refractivity contribution in [2.75, 3.05) is 0 Å². The molecule has 0 fully saturated rings. The van der Waals surface area contributed by atoms with Crippen molar-refractivity contribution in [2.24, 2.45) is 10.5 Å². The van der Waals surface area contributed by atoms with Gasteiger partial charge in [-0.05, 0) is 32.9 Å². The van der Waals surface area contributed by atoms with Gasteiger partial charge in [0, 0.05) is 16.0 Å². The van der Waals surface area contributed by atoms with Crippen LogP contribution in [0, 0.1) is 12.3 Å². The van der Waals surface area contributed by atoms with Crippen LogP contribution in [0.4, 0.5) is 0 Å². The molecule has 1 rings (SSSR count). The Kier molecular flexibility index (Phi) is 5.81. The van der Waals surface area contributed by atoms with E-state index in [4.69, 9.17) is 0 Å². The second-order valence-electron chi connectivity index (χ2n) is 6.00. The second kappa shape index (κ2) is 6.93. The number of aryl methyl sites for hydroxylation is 1. The fourth-order valence-electron chi connectivity index (χ4n) is 1.27. The predicted octanol–water partition coefficient (Wildman–Crippen LogP) is 4.01. The summed E-state index contributed by atoms with van der Waals surface area (Å²) < 4.78 is 0. The number of carbonyl (C=O) groups is 1. The van der Waals surface area contributed by atoms with Gasteiger partial charge >= 0.3 is 0 Å². The number of nitrogens with zero attached hydrogens (tertiary/aromatic N) is 1. The summed E-state index contributed by atoms with van der Waals surface area (Å²) in [5.74, 6) is -0.0702. The van der Waals surface area contributed by atoms with Crippen LogP contribution in [0.3, 0.4) is 0 Å². The van der Waals surface area contributed by atoms with Crippen molar-refractivity contribution < 1.29 is 4.79 Å². The number of benzene rings is 1. The van der Waals surface area contributed by atoms with Gasteiger partial charge in [-0.15, -0.1) is 11.8 Å². The first kappa shape index (κ1) is 16.8. The molecular weight excluding hydrogens is 268 g/mol. The van der Waals surface area contributed by atoms with Crippen molar-refractivity contribution in [2.45, 2.75) is 51.7 Å². The molecule has 0 saturated heterocycles. The molecule has 4 heteroatoms. The Labute approximate surface area is 126 Å². The van der Waals surface area contributed by atoms with Crippen molar-refractivity contribution in [1.29, 1.82) is 0 Å². The van der Waals surface area contributed by atoms with E-state index >= 15 is 0 Å². The minimum absolute atomic E-state index is 0.0272. The Balaban J connectivity index is 2.58. The van der Waals surface area contributed by atoms with Gasteiger partial charge in [-0.25, -0.2) is 5.43 Å². The van der Waals surface area contributed by atoms with E-state index < -0.39 is 0 Å². The van der Waals surface area contributed by atoms with Gasteiger partial charge in [-0.1, -0.05) is 38.5 Å².